The van der Waals surface area contributed by atoms with E-state index in [4.69, 9.17) is 26.2 Å². The van der Waals surface area contributed by atoms with Crippen LogP contribution in [0.15, 0.2) is 6.07 Å². The van der Waals surface area contributed by atoms with Crippen molar-refractivity contribution in [3.63, 3.8) is 0 Å². The van der Waals surface area contributed by atoms with Crippen LogP contribution in [0.3, 0.4) is 0 Å². The van der Waals surface area contributed by atoms with Gasteiger partial charge in [-0.1, -0.05) is 18.5 Å². The van der Waals surface area contributed by atoms with Crippen LogP contribution in [-0.2, 0) is 11.2 Å². The smallest absolute Gasteiger partial charge is 0.306 e. The van der Waals surface area contributed by atoms with Crippen LogP contribution < -0.4 is 9.47 Å². The highest BCUT2D eigenvalue weighted by atomic mass is 35.5. The maximum atomic E-state index is 10.9. The summed E-state index contributed by atoms with van der Waals surface area (Å²) in [6.07, 6.45) is 0.361. The van der Waals surface area contributed by atoms with E-state index in [0.29, 0.717) is 22.9 Å². The van der Waals surface area contributed by atoms with Gasteiger partial charge in [0.1, 0.15) is 0 Å². The summed E-state index contributed by atoms with van der Waals surface area (Å²) in [6.45, 7) is 3.49. The van der Waals surface area contributed by atoms with Gasteiger partial charge in [-0.15, -0.1) is 0 Å². The van der Waals surface area contributed by atoms with E-state index in [9.17, 15) is 4.79 Å². The topological polar surface area (TPSA) is 55.8 Å². The molecule has 1 unspecified atom stereocenters. The molecule has 0 aliphatic carbocycles. The van der Waals surface area contributed by atoms with Gasteiger partial charge in [0.2, 0.25) is 0 Å². The van der Waals surface area contributed by atoms with Crippen molar-refractivity contribution in [1.82, 2.24) is 0 Å². The quantitative estimate of drug-likeness (QED) is 0.895. The summed E-state index contributed by atoms with van der Waals surface area (Å²) >= 11 is 6.16. The van der Waals surface area contributed by atoms with Crippen molar-refractivity contribution < 1.29 is 19.4 Å². The molecule has 0 aliphatic rings. The number of methoxy groups -OCH3 is 2. The van der Waals surface area contributed by atoms with Gasteiger partial charge in [-0.3, -0.25) is 4.79 Å². The Morgan fingerprint density at radius 1 is 1.44 bits per heavy atom. The number of aliphatic carboxylic acids is 1. The van der Waals surface area contributed by atoms with Crippen molar-refractivity contribution in [2.24, 2.45) is 5.92 Å². The molecule has 1 aromatic rings. The number of ether oxygens (including phenoxy) is 2. The Kier molecular flexibility index (Phi) is 4.84. The molecular formula is C13H17ClO4. The molecule has 4 nitrogen and oxygen atoms in total. The van der Waals surface area contributed by atoms with Gasteiger partial charge in [-0.05, 0) is 24.5 Å². The molecule has 0 heterocycles. The molecule has 0 spiro atoms. The normalized spacial score (nSPS) is 12.1. The molecule has 0 saturated heterocycles. The fraction of sp³-hybridized carbons (Fsp3) is 0.462. The third kappa shape index (κ3) is 2.88. The lowest BCUT2D eigenvalue weighted by Crippen LogP contribution is -2.13. The minimum atomic E-state index is -0.847. The highest BCUT2D eigenvalue weighted by Crippen LogP contribution is 2.38. The third-order valence-corrected chi connectivity index (χ3v) is 3.26. The Labute approximate surface area is 111 Å². The highest BCUT2D eigenvalue weighted by Gasteiger charge is 2.20. The molecular weight excluding hydrogens is 256 g/mol. The Hall–Kier alpha value is -1.42. The average molecular weight is 273 g/mol. The molecule has 100 valence electrons. The summed E-state index contributed by atoms with van der Waals surface area (Å²) in [5.74, 6) is -0.208. The van der Waals surface area contributed by atoms with Gasteiger partial charge in [-0.25, -0.2) is 0 Å². The summed E-state index contributed by atoms with van der Waals surface area (Å²) in [4.78, 5) is 10.9. The Bertz CT molecular complexity index is 457. The van der Waals surface area contributed by atoms with E-state index in [1.807, 2.05) is 6.92 Å². The average Bonchev–Trinajstić information content (AvgIpc) is 2.33. The second-order valence-electron chi connectivity index (χ2n) is 4.14. The Morgan fingerprint density at radius 2 is 2.06 bits per heavy atom. The van der Waals surface area contributed by atoms with Gasteiger partial charge in [0.15, 0.2) is 11.5 Å². The standard InChI is InChI=1S/C13H17ClO4/c1-7(13(15)16)5-9-8(2)12(18-4)11(17-3)6-10(9)14/h6-7H,5H2,1-4H3,(H,15,16). The SMILES string of the molecule is COc1cc(Cl)c(CC(C)C(=O)O)c(C)c1OC. The summed E-state index contributed by atoms with van der Waals surface area (Å²) < 4.78 is 10.5. The number of halogens is 1. The van der Waals surface area contributed by atoms with Crippen LogP contribution in [-0.4, -0.2) is 25.3 Å². The first-order valence-corrected chi connectivity index (χ1v) is 5.92. The minimum Gasteiger partial charge on any atom is -0.493 e. The lowest BCUT2D eigenvalue weighted by Gasteiger charge is -2.17. The minimum absolute atomic E-state index is 0.361. The van der Waals surface area contributed by atoms with Crippen molar-refractivity contribution in [1.29, 1.82) is 0 Å². The molecule has 0 radical (unpaired) electrons. The maximum absolute atomic E-state index is 10.9. The predicted molar refractivity (Wildman–Crippen MR) is 69.8 cm³/mol. The molecule has 0 bridgehead atoms. The van der Waals surface area contributed by atoms with Crippen LogP contribution >= 0.6 is 11.6 Å². The number of carboxylic acid groups (broad SMARTS) is 1. The van der Waals surface area contributed by atoms with Crippen molar-refractivity contribution in [2.45, 2.75) is 20.3 Å². The first-order chi connectivity index (χ1) is 8.42. The fourth-order valence-electron chi connectivity index (χ4n) is 1.82. The number of carbonyl (C=O) groups is 1. The molecule has 0 saturated carbocycles. The van der Waals surface area contributed by atoms with E-state index < -0.39 is 11.9 Å². The highest BCUT2D eigenvalue weighted by molar-refractivity contribution is 6.31. The molecule has 18 heavy (non-hydrogen) atoms. The van der Waals surface area contributed by atoms with Crippen molar-refractivity contribution in [2.75, 3.05) is 14.2 Å². The van der Waals surface area contributed by atoms with Crippen molar-refractivity contribution in [3.05, 3.63) is 22.2 Å². The van der Waals surface area contributed by atoms with Gasteiger partial charge in [0.05, 0.1) is 20.1 Å². The number of hydrogen-bond donors (Lipinski definition) is 1. The molecule has 1 rings (SSSR count). The number of carboxylic acids is 1. The molecule has 1 atom stereocenters. The van der Waals surface area contributed by atoms with Gasteiger partial charge in [0, 0.05) is 11.1 Å². The summed E-state index contributed by atoms with van der Waals surface area (Å²) in [7, 11) is 3.08. The maximum Gasteiger partial charge on any atom is 0.306 e. The van der Waals surface area contributed by atoms with E-state index >= 15 is 0 Å². The number of rotatable bonds is 5. The van der Waals surface area contributed by atoms with Crippen LogP contribution in [0.5, 0.6) is 11.5 Å². The van der Waals surface area contributed by atoms with Crippen molar-refractivity contribution >= 4 is 17.6 Å². The van der Waals surface area contributed by atoms with E-state index in [2.05, 4.69) is 0 Å². The number of hydrogen-bond acceptors (Lipinski definition) is 3. The van der Waals surface area contributed by atoms with Gasteiger partial charge >= 0.3 is 5.97 Å². The van der Waals surface area contributed by atoms with Gasteiger partial charge in [-0.2, -0.15) is 0 Å². The van der Waals surface area contributed by atoms with Crippen LogP contribution in [0.1, 0.15) is 18.1 Å². The van der Waals surface area contributed by atoms with E-state index in [1.54, 1.807) is 20.1 Å². The summed E-state index contributed by atoms with van der Waals surface area (Å²) in [6, 6.07) is 1.65. The summed E-state index contributed by atoms with van der Waals surface area (Å²) in [5, 5.41) is 9.45. The Balaban J connectivity index is 3.24. The van der Waals surface area contributed by atoms with Crippen LogP contribution in [0.2, 0.25) is 5.02 Å². The lowest BCUT2D eigenvalue weighted by atomic mass is 9.96. The molecule has 1 aromatic carbocycles. The fourth-order valence-corrected chi connectivity index (χ4v) is 2.14. The zero-order chi connectivity index (χ0) is 13.9. The first-order valence-electron chi connectivity index (χ1n) is 5.55. The van der Waals surface area contributed by atoms with Gasteiger partial charge < -0.3 is 14.6 Å². The largest absolute Gasteiger partial charge is 0.493 e. The van der Waals surface area contributed by atoms with Crippen LogP contribution in [0.4, 0.5) is 0 Å². The predicted octanol–water partition coefficient (Wildman–Crippen LogP) is 2.93. The molecule has 5 heteroatoms. The molecule has 0 aromatic heterocycles. The lowest BCUT2D eigenvalue weighted by molar-refractivity contribution is -0.141. The molecule has 0 amide bonds. The first kappa shape index (κ1) is 14.6. The second-order valence-corrected chi connectivity index (χ2v) is 4.55. The third-order valence-electron chi connectivity index (χ3n) is 2.92. The van der Waals surface area contributed by atoms with E-state index in [0.717, 1.165) is 11.1 Å². The monoisotopic (exact) mass is 272 g/mol. The van der Waals surface area contributed by atoms with E-state index in [1.165, 1.54) is 7.11 Å². The van der Waals surface area contributed by atoms with Crippen LogP contribution in [0.25, 0.3) is 0 Å². The molecule has 1 N–H and O–H groups in total. The zero-order valence-electron chi connectivity index (χ0n) is 10.9. The second kappa shape index (κ2) is 5.96. The van der Waals surface area contributed by atoms with Crippen molar-refractivity contribution in [3.8, 4) is 11.5 Å². The molecule has 0 aliphatic heterocycles. The van der Waals surface area contributed by atoms with E-state index in [-0.39, 0.29) is 0 Å². The van der Waals surface area contributed by atoms with Gasteiger partial charge in [0.25, 0.3) is 0 Å². The van der Waals surface area contributed by atoms with Crippen LogP contribution in [0, 0.1) is 12.8 Å². The summed E-state index contributed by atoms with van der Waals surface area (Å²) in [5.41, 5.74) is 1.60. The Morgan fingerprint density at radius 3 is 2.50 bits per heavy atom. The zero-order valence-corrected chi connectivity index (χ0v) is 11.7. The molecule has 0 fully saturated rings. The number of benzene rings is 1.